The predicted octanol–water partition coefficient (Wildman–Crippen LogP) is 3.62. The first kappa shape index (κ1) is 15.8. The summed E-state index contributed by atoms with van der Waals surface area (Å²) in [5.74, 6) is -0.550. The highest BCUT2D eigenvalue weighted by Crippen LogP contribution is 2.30. The van der Waals surface area contributed by atoms with Crippen LogP contribution in [-0.4, -0.2) is 27.3 Å². The molecule has 0 unspecified atom stereocenters. The Balaban J connectivity index is 1.94. The summed E-state index contributed by atoms with van der Waals surface area (Å²) in [7, 11) is 0. The number of aromatic carboxylic acids is 1. The Morgan fingerprint density at radius 1 is 1.12 bits per heavy atom. The lowest BCUT2D eigenvalue weighted by atomic mass is 10.2. The zero-order chi connectivity index (χ0) is 17.1. The van der Waals surface area contributed by atoms with Gasteiger partial charge in [0, 0.05) is 5.56 Å². The minimum atomic E-state index is -1.01. The SMILES string of the molecule is O=C1NC(=Nc2ccc(C(=O)O)cc2)/C(=C/c2ccccc2O)S1. The first-order chi connectivity index (χ1) is 11.5. The molecule has 1 saturated heterocycles. The first-order valence-electron chi connectivity index (χ1n) is 6.94. The molecule has 0 radical (unpaired) electrons. The number of carbonyl (C=O) groups excluding carboxylic acids is 1. The Bertz CT molecular complexity index is 872. The molecule has 1 heterocycles. The summed E-state index contributed by atoms with van der Waals surface area (Å²) in [4.78, 5) is 27.4. The van der Waals surface area contributed by atoms with E-state index in [9.17, 15) is 14.7 Å². The van der Waals surface area contributed by atoms with Crippen molar-refractivity contribution in [2.75, 3.05) is 0 Å². The molecule has 120 valence electrons. The number of para-hydroxylation sites is 1. The van der Waals surface area contributed by atoms with Gasteiger partial charge < -0.3 is 15.5 Å². The van der Waals surface area contributed by atoms with Crippen molar-refractivity contribution in [2.24, 2.45) is 4.99 Å². The highest BCUT2D eigenvalue weighted by atomic mass is 32.2. The largest absolute Gasteiger partial charge is 0.507 e. The molecule has 2 aromatic carbocycles. The van der Waals surface area contributed by atoms with E-state index >= 15 is 0 Å². The standard InChI is InChI=1S/C17H12N2O4S/c20-13-4-2-1-3-11(13)9-14-15(19-17(23)24-14)18-12-7-5-10(6-8-12)16(21)22/h1-9,20H,(H,21,22)(H,18,19,23)/b14-9-. The van der Waals surface area contributed by atoms with Crippen LogP contribution in [0, 0.1) is 0 Å². The molecule has 1 amide bonds. The third kappa shape index (κ3) is 3.47. The van der Waals surface area contributed by atoms with Gasteiger partial charge in [0.05, 0.1) is 16.2 Å². The van der Waals surface area contributed by atoms with E-state index in [1.54, 1.807) is 42.5 Å². The van der Waals surface area contributed by atoms with E-state index in [4.69, 9.17) is 5.11 Å². The minimum absolute atomic E-state index is 0.107. The maximum Gasteiger partial charge on any atom is 0.335 e. The van der Waals surface area contributed by atoms with E-state index in [2.05, 4.69) is 10.3 Å². The molecule has 3 rings (SSSR count). The molecule has 3 N–H and O–H groups in total. The molecule has 0 bridgehead atoms. The summed E-state index contributed by atoms with van der Waals surface area (Å²) in [5, 5.41) is 21.1. The zero-order valence-corrected chi connectivity index (χ0v) is 13.1. The number of carboxylic acid groups (broad SMARTS) is 1. The van der Waals surface area contributed by atoms with Crippen LogP contribution in [0.5, 0.6) is 5.75 Å². The number of aromatic hydroxyl groups is 1. The van der Waals surface area contributed by atoms with Gasteiger partial charge >= 0.3 is 5.97 Å². The van der Waals surface area contributed by atoms with Crippen molar-refractivity contribution in [1.82, 2.24) is 5.32 Å². The van der Waals surface area contributed by atoms with Gasteiger partial charge in [-0.05, 0) is 48.2 Å². The minimum Gasteiger partial charge on any atom is -0.507 e. The van der Waals surface area contributed by atoms with Gasteiger partial charge in [0.15, 0.2) is 0 Å². The van der Waals surface area contributed by atoms with Crippen molar-refractivity contribution in [3.63, 3.8) is 0 Å². The molecule has 2 aromatic rings. The Labute approximate surface area is 141 Å². The van der Waals surface area contributed by atoms with E-state index in [1.165, 1.54) is 12.1 Å². The van der Waals surface area contributed by atoms with Crippen molar-refractivity contribution in [3.8, 4) is 5.75 Å². The fraction of sp³-hybridized carbons (Fsp3) is 0. The van der Waals surface area contributed by atoms with Crippen molar-refractivity contribution in [2.45, 2.75) is 0 Å². The van der Waals surface area contributed by atoms with Gasteiger partial charge in [-0.1, -0.05) is 18.2 Å². The third-order valence-electron chi connectivity index (χ3n) is 3.24. The molecular formula is C17H12N2O4S. The average molecular weight is 340 g/mol. The van der Waals surface area contributed by atoms with Crippen molar-refractivity contribution >= 4 is 40.6 Å². The number of phenolic OH excluding ortho intramolecular Hbond substituents is 1. The number of benzene rings is 2. The van der Waals surface area contributed by atoms with Crippen LogP contribution in [0.2, 0.25) is 0 Å². The number of carboxylic acids is 1. The van der Waals surface area contributed by atoms with E-state index in [-0.39, 0.29) is 16.6 Å². The number of nitrogens with zero attached hydrogens (tertiary/aromatic N) is 1. The van der Waals surface area contributed by atoms with Crippen LogP contribution < -0.4 is 5.32 Å². The number of phenols is 1. The molecule has 1 aliphatic rings. The van der Waals surface area contributed by atoms with Gasteiger partial charge in [0.1, 0.15) is 11.6 Å². The fourth-order valence-corrected chi connectivity index (χ4v) is 2.80. The van der Waals surface area contributed by atoms with Crippen LogP contribution >= 0.6 is 11.8 Å². The number of nitrogens with one attached hydrogen (secondary N) is 1. The predicted molar refractivity (Wildman–Crippen MR) is 92.7 cm³/mol. The second kappa shape index (κ2) is 6.59. The zero-order valence-electron chi connectivity index (χ0n) is 12.3. The second-order valence-electron chi connectivity index (χ2n) is 4.89. The number of rotatable bonds is 3. The molecule has 1 fully saturated rings. The highest BCUT2D eigenvalue weighted by molar-refractivity contribution is 8.18. The molecule has 0 aliphatic carbocycles. The summed E-state index contributed by atoms with van der Waals surface area (Å²) >= 11 is 0.980. The third-order valence-corrected chi connectivity index (χ3v) is 4.05. The summed E-state index contributed by atoms with van der Waals surface area (Å²) in [5.41, 5.74) is 1.25. The van der Waals surface area contributed by atoms with Crippen LogP contribution in [0.1, 0.15) is 15.9 Å². The Morgan fingerprint density at radius 3 is 2.50 bits per heavy atom. The van der Waals surface area contributed by atoms with Gasteiger partial charge in [-0.25, -0.2) is 9.79 Å². The van der Waals surface area contributed by atoms with E-state index in [1.807, 2.05) is 0 Å². The fourth-order valence-electron chi connectivity index (χ4n) is 2.07. The van der Waals surface area contributed by atoms with Gasteiger partial charge in [-0.3, -0.25) is 4.79 Å². The monoisotopic (exact) mass is 340 g/mol. The molecular weight excluding hydrogens is 328 g/mol. The molecule has 0 aromatic heterocycles. The molecule has 1 aliphatic heterocycles. The van der Waals surface area contributed by atoms with Crippen molar-refractivity contribution < 1.29 is 19.8 Å². The molecule has 6 nitrogen and oxygen atoms in total. The van der Waals surface area contributed by atoms with Gasteiger partial charge in [-0.2, -0.15) is 0 Å². The summed E-state index contributed by atoms with van der Waals surface area (Å²) in [6.07, 6.45) is 1.67. The highest BCUT2D eigenvalue weighted by Gasteiger charge is 2.23. The Kier molecular flexibility index (Phi) is 4.35. The number of amides is 1. The summed E-state index contributed by atoms with van der Waals surface area (Å²) < 4.78 is 0. The van der Waals surface area contributed by atoms with Crippen molar-refractivity contribution in [1.29, 1.82) is 0 Å². The normalized spacial score (nSPS) is 17.2. The molecule has 0 saturated carbocycles. The summed E-state index contributed by atoms with van der Waals surface area (Å²) in [6.45, 7) is 0. The number of carbonyl (C=O) groups is 2. The maximum atomic E-state index is 11.7. The first-order valence-corrected chi connectivity index (χ1v) is 7.75. The van der Waals surface area contributed by atoms with E-state index < -0.39 is 5.97 Å². The van der Waals surface area contributed by atoms with Gasteiger partial charge in [-0.15, -0.1) is 0 Å². The Morgan fingerprint density at radius 2 is 1.83 bits per heavy atom. The molecule has 24 heavy (non-hydrogen) atoms. The smallest absolute Gasteiger partial charge is 0.335 e. The van der Waals surface area contributed by atoms with Crippen LogP contribution in [-0.2, 0) is 0 Å². The number of amidine groups is 1. The van der Waals surface area contributed by atoms with Crippen LogP contribution in [0.3, 0.4) is 0 Å². The number of thioether (sulfide) groups is 1. The number of aliphatic imine (C=N–C) groups is 1. The maximum absolute atomic E-state index is 11.7. The lowest BCUT2D eigenvalue weighted by Crippen LogP contribution is -2.18. The lowest BCUT2D eigenvalue weighted by molar-refractivity contribution is 0.0697. The average Bonchev–Trinajstić information content (AvgIpc) is 2.89. The molecule has 7 heteroatoms. The second-order valence-corrected chi connectivity index (χ2v) is 5.91. The Hall–Kier alpha value is -3.06. The van der Waals surface area contributed by atoms with Crippen molar-refractivity contribution in [3.05, 3.63) is 64.6 Å². The number of hydrogen-bond donors (Lipinski definition) is 3. The van der Waals surface area contributed by atoms with Crippen LogP contribution in [0.25, 0.3) is 6.08 Å². The molecule has 0 spiro atoms. The van der Waals surface area contributed by atoms with Crippen LogP contribution in [0.15, 0.2) is 58.4 Å². The summed E-state index contributed by atoms with van der Waals surface area (Å²) in [6, 6.07) is 12.8. The van der Waals surface area contributed by atoms with Gasteiger partial charge in [0.2, 0.25) is 0 Å². The molecule has 0 atom stereocenters. The lowest BCUT2D eigenvalue weighted by Gasteiger charge is -2.02. The van der Waals surface area contributed by atoms with E-state index in [0.717, 1.165) is 11.8 Å². The van der Waals surface area contributed by atoms with Gasteiger partial charge in [0.25, 0.3) is 5.24 Å². The van der Waals surface area contributed by atoms with Crippen LogP contribution in [0.4, 0.5) is 10.5 Å². The van der Waals surface area contributed by atoms with E-state index in [0.29, 0.717) is 22.0 Å². The quantitative estimate of drug-likeness (QED) is 0.792. The number of hydrogen-bond acceptors (Lipinski definition) is 5. The topological polar surface area (TPSA) is 99.0 Å².